The number of hydrogen-bond donors (Lipinski definition) is 0. The maximum absolute atomic E-state index is 11.5. The molecule has 0 unspecified atom stereocenters. The molecule has 1 aliphatic rings. The summed E-state index contributed by atoms with van der Waals surface area (Å²) in [6.45, 7) is 5.99. The van der Waals surface area contributed by atoms with Crippen LogP contribution in [-0.2, 0) is 0 Å². The molecule has 26 heavy (non-hydrogen) atoms. The topological polar surface area (TPSA) is 81.6 Å². The fourth-order valence-electron chi connectivity index (χ4n) is 3.50. The fraction of sp³-hybridized carbons (Fsp3) is 0.421. The van der Waals surface area contributed by atoms with Crippen LogP contribution >= 0.6 is 0 Å². The van der Waals surface area contributed by atoms with Crippen LogP contribution in [0.25, 0.3) is 11.0 Å². The number of benzene rings is 1. The lowest BCUT2D eigenvalue weighted by atomic mass is 10.1. The average Bonchev–Trinajstić information content (AvgIpc) is 3.23. The van der Waals surface area contributed by atoms with Crippen molar-refractivity contribution in [1.82, 2.24) is 15.1 Å². The second-order valence-electron chi connectivity index (χ2n) is 6.61. The van der Waals surface area contributed by atoms with Crippen molar-refractivity contribution in [2.75, 3.05) is 19.7 Å². The number of fused-ring (bicyclic) bond motifs is 1. The van der Waals surface area contributed by atoms with Crippen molar-refractivity contribution in [3.05, 3.63) is 52.0 Å². The van der Waals surface area contributed by atoms with E-state index in [2.05, 4.69) is 15.1 Å². The van der Waals surface area contributed by atoms with Crippen LogP contribution in [0, 0.1) is 13.8 Å². The van der Waals surface area contributed by atoms with Gasteiger partial charge in [-0.3, -0.25) is 4.90 Å². The first kappa shape index (κ1) is 16.8. The minimum absolute atomic E-state index is 0.164. The van der Waals surface area contributed by atoms with Crippen molar-refractivity contribution in [1.29, 1.82) is 0 Å². The van der Waals surface area contributed by atoms with Gasteiger partial charge in [0.1, 0.15) is 17.9 Å². The van der Waals surface area contributed by atoms with Crippen molar-refractivity contribution >= 4 is 11.0 Å². The Labute approximate surface area is 150 Å². The molecule has 0 saturated carbocycles. The van der Waals surface area contributed by atoms with Crippen molar-refractivity contribution in [3.63, 3.8) is 0 Å². The largest absolute Gasteiger partial charge is 0.492 e. The molecule has 7 nitrogen and oxygen atoms in total. The van der Waals surface area contributed by atoms with Crippen molar-refractivity contribution in [2.45, 2.75) is 32.7 Å². The zero-order valence-electron chi connectivity index (χ0n) is 14.9. The zero-order chi connectivity index (χ0) is 18.1. The fourth-order valence-corrected chi connectivity index (χ4v) is 3.50. The molecule has 1 fully saturated rings. The van der Waals surface area contributed by atoms with E-state index in [1.54, 1.807) is 13.0 Å². The van der Waals surface area contributed by atoms with E-state index in [0.717, 1.165) is 36.9 Å². The maximum atomic E-state index is 11.5. The van der Waals surface area contributed by atoms with E-state index in [1.807, 2.05) is 19.1 Å². The second kappa shape index (κ2) is 6.92. The molecule has 0 bridgehead atoms. The van der Waals surface area contributed by atoms with Gasteiger partial charge in [-0.05, 0) is 44.0 Å². The SMILES string of the molecule is Cc1nnc([C@H]2CCCN2CCOc2ccc3c(C)cc(=O)oc3c2)o1. The molecule has 4 rings (SSSR count). The van der Waals surface area contributed by atoms with Gasteiger partial charge in [0, 0.05) is 31.0 Å². The molecule has 0 radical (unpaired) electrons. The summed E-state index contributed by atoms with van der Waals surface area (Å²) >= 11 is 0. The number of hydrogen-bond acceptors (Lipinski definition) is 7. The lowest BCUT2D eigenvalue weighted by molar-refractivity contribution is 0.178. The number of ether oxygens (including phenoxy) is 1. The molecule has 1 atom stereocenters. The third-order valence-corrected chi connectivity index (χ3v) is 4.76. The molecule has 3 heterocycles. The van der Waals surface area contributed by atoms with Gasteiger partial charge in [-0.25, -0.2) is 4.79 Å². The number of nitrogens with zero attached hydrogens (tertiary/aromatic N) is 3. The van der Waals surface area contributed by atoms with Crippen LogP contribution in [0.1, 0.15) is 36.2 Å². The summed E-state index contributed by atoms with van der Waals surface area (Å²) in [6.07, 6.45) is 2.12. The lowest BCUT2D eigenvalue weighted by Gasteiger charge is -2.21. The van der Waals surface area contributed by atoms with Crippen LogP contribution in [-0.4, -0.2) is 34.8 Å². The normalized spacial score (nSPS) is 17.8. The molecule has 1 aromatic carbocycles. The van der Waals surface area contributed by atoms with Gasteiger partial charge < -0.3 is 13.6 Å². The highest BCUT2D eigenvalue weighted by molar-refractivity contribution is 5.81. The van der Waals surface area contributed by atoms with Gasteiger partial charge in [-0.1, -0.05) is 0 Å². The van der Waals surface area contributed by atoms with E-state index in [4.69, 9.17) is 13.6 Å². The van der Waals surface area contributed by atoms with Crippen molar-refractivity contribution in [3.8, 4) is 5.75 Å². The number of rotatable bonds is 5. The Morgan fingerprint density at radius 2 is 2.12 bits per heavy atom. The Morgan fingerprint density at radius 1 is 1.23 bits per heavy atom. The lowest BCUT2D eigenvalue weighted by Crippen LogP contribution is -2.28. The first-order valence-corrected chi connectivity index (χ1v) is 8.81. The molecule has 1 saturated heterocycles. The molecule has 0 N–H and O–H groups in total. The first-order chi connectivity index (χ1) is 12.6. The van der Waals surface area contributed by atoms with Crippen LogP contribution in [0.5, 0.6) is 5.75 Å². The number of aryl methyl sites for hydroxylation is 2. The average molecular weight is 355 g/mol. The Balaban J connectivity index is 1.41. The van der Waals surface area contributed by atoms with E-state index in [9.17, 15) is 4.79 Å². The van der Waals surface area contributed by atoms with Crippen molar-refractivity contribution in [2.24, 2.45) is 0 Å². The van der Waals surface area contributed by atoms with E-state index in [1.165, 1.54) is 6.07 Å². The summed E-state index contributed by atoms with van der Waals surface area (Å²) in [7, 11) is 0. The molecule has 0 aliphatic carbocycles. The quantitative estimate of drug-likeness (QED) is 0.651. The monoisotopic (exact) mass is 355 g/mol. The Kier molecular flexibility index (Phi) is 4.46. The minimum atomic E-state index is -0.345. The van der Waals surface area contributed by atoms with Gasteiger partial charge in [-0.15, -0.1) is 10.2 Å². The summed E-state index contributed by atoms with van der Waals surface area (Å²) in [5, 5.41) is 9.00. The minimum Gasteiger partial charge on any atom is -0.492 e. The maximum Gasteiger partial charge on any atom is 0.336 e. The molecule has 2 aromatic heterocycles. The van der Waals surface area contributed by atoms with Gasteiger partial charge >= 0.3 is 5.63 Å². The van der Waals surface area contributed by atoms with Crippen LogP contribution in [0.15, 0.2) is 37.9 Å². The summed E-state index contributed by atoms with van der Waals surface area (Å²) in [5.74, 6) is 1.97. The second-order valence-corrected chi connectivity index (χ2v) is 6.61. The van der Waals surface area contributed by atoms with Crippen LogP contribution in [0.4, 0.5) is 0 Å². The Bertz CT molecular complexity index is 978. The van der Waals surface area contributed by atoms with Gasteiger partial charge in [0.2, 0.25) is 11.8 Å². The van der Waals surface area contributed by atoms with E-state index >= 15 is 0 Å². The van der Waals surface area contributed by atoms with Crippen LogP contribution in [0.3, 0.4) is 0 Å². The molecular formula is C19H21N3O4. The molecule has 7 heteroatoms. The van der Waals surface area contributed by atoms with Gasteiger partial charge in [0.15, 0.2) is 0 Å². The Hall–Kier alpha value is -2.67. The Morgan fingerprint density at radius 3 is 2.92 bits per heavy atom. The third-order valence-electron chi connectivity index (χ3n) is 4.76. The van der Waals surface area contributed by atoms with Gasteiger partial charge in [0.25, 0.3) is 0 Å². The third kappa shape index (κ3) is 3.35. The summed E-state index contributed by atoms with van der Waals surface area (Å²) in [6, 6.07) is 7.25. The predicted octanol–water partition coefficient (Wildman–Crippen LogP) is 3.01. The van der Waals surface area contributed by atoms with E-state index in [-0.39, 0.29) is 11.7 Å². The first-order valence-electron chi connectivity index (χ1n) is 8.81. The summed E-state index contributed by atoms with van der Waals surface area (Å²) in [5.41, 5.74) is 1.10. The number of likely N-dealkylation sites (tertiary alicyclic amines) is 1. The standard InChI is InChI=1S/C19H21N3O4/c1-12-10-18(23)26-17-11-14(5-6-15(12)17)24-9-8-22-7-3-4-16(22)19-21-20-13(2)25-19/h5-6,10-11,16H,3-4,7-9H2,1-2H3/t16-/m1/s1. The highest BCUT2D eigenvalue weighted by Gasteiger charge is 2.29. The molecule has 136 valence electrons. The summed E-state index contributed by atoms with van der Waals surface area (Å²) < 4.78 is 16.7. The molecule has 3 aromatic rings. The molecule has 0 spiro atoms. The van der Waals surface area contributed by atoms with Gasteiger partial charge in [-0.2, -0.15) is 0 Å². The van der Waals surface area contributed by atoms with Crippen LogP contribution in [0.2, 0.25) is 0 Å². The molecule has 1 aliphatic heterocycles. The van der Waals surface area contributed by atoms with Crippen LogP contribution < -0.4 is 10.4 Å². The number of aromatic nitrogens is 2. The summed E-state index contributed by atoms with van der Waals surface area (Å²) in [4.78, 5) is 13.8. The highest BCUT2D eigenvalue weighted by atomic mass is 16.5. The smallest absolute Gasteiger partial charge is 0.336 e. The predicted molar refractivity (Wildman–Crippen MR) is 95.3 cm³/mol. The van der Waals surface area contributed by atoms with E-state index in [0.29, 0.717) is 29.7 Å². The van der Waals surface area contributed by atoms with Gasteiger partial charge in [0.05, 0.1) is 6.04 Å². The zero-order valence-corrected chi connectivity index (χ0v) is 14.9. The highest BCUT2D eigenvalue weighted by Crippen LogP contribution is 2.30. The molecule has 0 amide bonds. The van der Waals surface area contributed by atoms with E-state index < -0.39 is 0 Å². The molecular weight excluding hydrogens is 334 g/mol. The van der Waals surface area contributed by atoms with Crippen molar-refractivity contribution < 1.29 is 13.6 Å².